The molecular weight excluding hydrogens is 248 g/mol. The van der Waals surface area contributed by atoms with Crippen molar-refractivity contribution < 1.29 is 4.74 Å². The smallest absolute Gasteiger partial charge is 0.147 e. The summed E-state index contributed by atoms with van der Waals surface area (Å²) in [6.07, 6.45) is 4.48. The minimum absolute atomic E-state index is 0.544. The van der Waals surface area contributed by atoms with Crippen molar-refractivity contribution in [2.45, 2.75) is 6.42 Å². The fourth-order valence-electron chi connectivity index (χ4n) is 1.63. The summed E-state index contributed by atoms with van der Waals surface area (Å²) in [5.74, 6) is 0.544. The monoisotopic (exact) mass is 264 g/mol. The predicted octanol–water partition coefficient (Wildman–Crippen LogP) is 2.24. The van der Waals surface area contributed by atoms with Gasteiger partial charge < -0.3 is 15.8 Å². The van der Waals surface area contributed by atoms with Crippen molar-refractivity contribution in [1.82, 2.24) is 9.36 Å². The minimum atomic E-state index is 0.544. The zero-order valence-electron chi connectivity index (χ0n) is 10.2. The molecule has 0 saturated heterocycles. The molecule has 0 aliphatic heterocycles. The van der Waals surface area contributed by atoms with Gasteiger partial charge in [0.1, 0.15) is 10.8 Å². The summed E-state index contributed by atoms with van der Waals surface area (Å²) < 4.78 is 9.20. The van der Waals surface area contributed by atoms with Crippen LogP contribution in [0.3, 0.4) is 0 Å². The van der Waals surface area contributed by atoms with Crippen molar-refractivity contribution in [2.75, 3.05) is 31.3 Å². The second-order valence-electron chi connectivity index (χ2n) is 3.79. The molecule has 0 unspecified atom stereocenters. The van der Waals surface area contributed by atoms with Gasteiger partial charge in [0, 0.05) is 38.2 Å². The van der Waals surface area contributed by atoms with E-state index in [2.05, 4.69) is 14.7 Å². The highest BCUT2D eigenvalue weighted by molar-refractivity contribution is 7.11. The summed E-state index contributed by atoms with van der Waals surface area (Å²) >= 11 is 1.37. The Labute approximate surface area is 110 Å². The number of pyridine rings is 1. The quantitative estimate of drug-likeness (QED) is 0.783. The van der Waals surface area contributed by atoms with Crippen molar-refractivity contribution in [3.63, 3.8) is 0 Å². The molecule has 0 spiro atoms. The number of aromatic nitrogens is 2. The van der Waals surface area contributed by atoms with Gasteiger partial charge in [-0.25, -0.2) is 0 Å². The van der Waals surface area contributed by atoms with Gasteiger partial charge in [0.2, 0.25) is 0 Å². The van der Waals surface area contributed by atoms with Crippen LogP contribution < -0.4 is 11.1 Å². The molecule has 2 heterocycles. The Bertz CT molecular complexity index is 486. The maximum absolute atomic E-state index is 5.91. The molecule has 0 bridgehead atoms. The molecule has 6 heteroatoms. The molecule has 0 atom stereocenters. The summed E-state index contributed by atoms with van der Waals surface area (Å²) in [7, 11) is 1.70. The Morgan fingerprint density at radius 3 is 3.11 bits per heavy atom. The van der Waals surface area contributed by atoms with Crippen molar-refractivity contribution in [3.05, 3.63) is 24.5 Å². The lowest BCUT2D eigenvalue weighted by Gasteiger charge is -2.06. The number of anilines is 2. The average Bonchev–Trinajstić information content (AvgIpc) is 2.77. The van der Waals surface area contributed by atoms with Crippen LogP contribution in [0.1, 0.15) is 6.42 Å². The lowest BCUT2D eigenvalue weighted by atomic mass is 10.1. The molecule has 2 aromatic heterocycles. The second kappa shape index (κ2) is 6.32. The van der Waals surface area contributed by atoms with Gasteiger partial charge >= 0.3 is 0 Å². The number of nitrogen functional groups attached to an aromatic ring is 1. The van der Waals surface area contributed by atoms with E-state index in [1.807, 2.05) is 12.1 Å². The molecule has 3 N–H and O–H groups in total. The van der Waals surface area contributed by atoms with E-state index < -0.39 is 0 Å². The standard InChI is InChI=1S/C12H16N4OS/c1-17-7-3-6-15-12-10(11(13)16-18-12)9-4-2-5-14-8-9/h2,4-5,8,15H,3,6-7H2,1H3,(H2,13,16). The first kappa shape index (κ1) is 12.8. The fraction of sp³-hybridized carbons (Fsp3) is 0.333. The molecule has 18 heavy (non-hydrogen) atoms. The predicted molar refractivity (Wildman–Crippen MR) is 74.7 cm³/mol. The van der Waals surface area contributed by atoms with E-state index in [9.17, 15) is 0 Å². The van der Waals surface area contributed by atoms with E-state index in [1.54, 1.807) is 19.5 Å². The highest BCUT2D eigenvalue weighted by Crippen LogP contribution is 2.36. The maximum atomic E-state index is 5.91. The van der Waals surface area contributed by atoms with Crippen molar-refractivity contribution >= 4 is 22.4 Å². The molecule has 0 radical (unpaired) electrons. The van der Waals surface area contributed by atoms with E-state index >= 15 is 0 Å². The zero-order valence-corrected chi connectivity index (χ0v) is 11.0. The minimum Gasteiger partial charge on any atom is -0.385 e. The number of rotatable bonds is 6. The van der Waals surface area contributed by atoms with Gasteiger partial charge in [0.05, 0.1) is 5.56 Å². The van der Waals surface area contributed by atoms with Crippen LogP contribution in [0.5, 0.6) is 0 Å². The number of methoxy groups -OCH3 is 1. The topological polar surface area (TPSA) is 73.1 Å². The van der Waals surface area contributed by atoms with Gasteiger partial charge in [0.25, 0.3) is 0 Å². The van der Waals surface area contributed by atoms with Gasteiger partial charge in [-0.3, -0.25) is 4.98 Å². The Balaban J connectivity index is 2.12. The first-order chi connectivity index (χ1) is 8.83. The molecule has 2 rings (SSSR count). The number of nitrogens with two attached hydrogens (primary N) is 1. The van der Waals surface area contributed by atoms with Gasteiger partial charge in [-0.2, -0.15) is 4.37 Å². The largest absolute Gasteiger partial charge is 0.385 e. The van der Waals surface area contributed by atoms with Crippen LogP contribution in [0, 0.1) is 0 Å². The third-order valence-electron chi connectivity index (χ3n) is 2.48. The molecule has 0 aromatic carbocycles. The van der Waals surface area contributed by atoms with Crippen molar-refractivity contribution in [2.24, 2.45) is 0 Å². The number of ether oxygens (including phenoxy) is 1. The third-order valence-corrected chi connectivity index (χ3v) is 3.30. The van der Waals surface area contributed by atoms with Gasteiger partial charge in [-0.1, -0.05) is 6.07 Å². The van der Waals surface area contributed by atoms with E-state index in [0.717, 1.165) is 35.7 Å². The Morgan fingerprint density at radius 2 is 2.39 bits per heavy atom. The SMILES string of the molecule is COCCCNc1snc(N)c1-c1cccnc1. The van der Waals surface area contributed by atoms with Gasteiger partial charge in [-0.15, -0.1) is 0 Å². The van der Waals surface area contributed by atoms with Gasteiger partial charge in [-0.05, 0) is 24.0 Å². The van der Waals surface area contributed by atoms with Crippen molar-refractivity contribution in [3.8, 4) is 11.1 Å². The average molecular weight is 264 g/mol. The van der Waals surface area contributed by atoms with Crippen LogP contribution >= 0.6 is 11.5 Å². The molecular formula is C12H16N4OS. The molecule has 0 aliphatic rings. The van der Waals surface area contributed by atoms with Crippen molar-refractivity contribution in [1.29, 1.82) is 0 Å². The van der Waals surface area contributed by atoms with E-state index in [1.165, 1.54) is 11.5 Å². The third kappa shape index (κ3) is 2.96. The van der Waals surface area contributed by atoms with Gasteiger partial charge in [0.15, 0.2) is 0 Å². The lowest BCUT2D eigenvalue weighted by Crippen LogP contribution is -2.04. The van der Waals surface area contributed by atoms with Crippen LogP contribution in [-0.4, -0.2) is 29.6 Å². The number of nitrogens with zero attached hydrogens (tertiary/aromatic N) is 2. The van der Waals surface area contributed by atoms with Crippen LogP contribution in [0.25, 0.3) is 11.1 Å². The zero-order chi connectivity index (χ0) is 12.8. The highest BCUT2D eigenvalue weighted by atomic mass is 32.1. The van der Waals surface area contributed by atoms with Crippen LogP contribution in [0.15, 0.2) is 24.5 Å². The summed E-state index contributed by atoms with van der Waals surface area (Å²) in [6, 6.07) is 3.87. The molecule has 0 fully saturated rings. The Kier molecular flexibility index (Phi) is 4.49. The van der Waals surface area contributed by atoms with E-state index in [-0.39, 0.29) is 0 Å². The summed E-state index contributed by atoms with van der Waals surface area (Å²) in [5.41, 5.74) is 7.83. The Morgan fingerprint density at radius 1 is 1.50 bits per heavy atom. The summed E-state index contributed by atoms with van der Waals surface area (Å²) in [6.45, 7) is 1.58. The molecule has 0 amide bonds. The number of nitrogens with one attached hydrogen (secondary N) is 1. The molecule has 0 saturated carbocycles. The molecule has 96 valence electrons. The maximum Gasteiger partial charge on any atom is 0.147 e. The molecule has 0 aliphatic carbocycles. The van der Waals surface area contributed by atoms with Crippen LogP contribution in [0.4, 0.5) is 10.8 Å². The fourth-order valence-corrected chi connectivity index (χ4v) is 2.39. The van der Waals surface area contributed by atoms with Crippen LogP contribution in [-0.2, 0) is 4.74 Å². The Hall–Kier alpha value is -1.66. The summed E-state index contributed by atoms with van der Waals surface area (Å²) in [5, 5.41) is 4.32. The molecule has 2 aromatic rings. The second-order valence-corrected chi connectivity index (χ2v) is 4.56. The first-order valence-electron chi connectivity index (χ1n) is 5.71. The van der Waals surface area contributed by atoms with E-state index in [4.69, 9.17) is 10.5 Å². The number of hydrogen-bond acceptors (Lipinski definition) is 6. The summed E-state index contributed by atoms with van der Waals surface area (Å²) in [4.78, 5) is 4.11. The molecule has 5 nitrogen and oxygen atoms in total. The highest BCUT2D eigenvalue weighted by Gasteiger charge is 2.13. The normalized spacial score (nSPS) is 10.5. The van der Waals surface area contributed by atoms with Crippen LogP contribution in [0.2, 0.25) is 0 Å². The first-order valence-corrected chi connectivity index (χ1v) is 6.48. The lowest BCUT2D eigenvalue weighted by molar-refractivity contribution is 0.198. The van der Waals surface area contributed by atoms with E-state index in [0.29, 0.717) is 5.82 Å². The number of hydrogen-bond donors (Lipinski definition) is 2.